The van der Waals surface area contributed by atoms with Gasteiger partial charge in [-0.05, 0) is 50.1 Å². The van der Waals surface area contributed by atoms with Crippen LogP contribution in [0.3, 0.4) is 0 Å². The minimum atomic E-state index is -1.06. The monoisotopic (exact) mass is 430 g/mol. The van der Waals surface area contributed by atoms with E-state index < -0.39 is 23.4 Å². The molecule has 0 aliphatic carbocycles. The Morgan fingerprint density at radius 1 is 0.935 bits per heavy atom. The number of carbonyl (C=O) groups excluding carboxylic acids is 2. The lowest BCUT2D eigenvalue weighted by Crippen LogP contribution is -2.34. The highest BCUT2D eigenvalue weighted by molar-refractivity contribution is 6.36. The van der Waals surface area contributed by atoms with Crippen molar-refractivity contribution < 1.29 is 27.8 Å². The highest BCUT2D eigenvalue weighted by Crippen LogP contribution is 2.31. The number of imide groups is 1. The van der Waals surface area contributed by atoms with Crippen molar-refractivity contribution in [1.82, 2.24) is 4.90 Å². The van der Waals surface area contributed by atoms with E-state index in [-0.39, 0.29) is 23.5 Å². The lowest BCUT2D eigenvalue weighted by Gasteiger charge is -2.15. The smallest absolute Gasteiger partial charge is 0.278 e. The maximum absolute atomic E-state index is 13.7. The number of carbonyl (C=O) groups is 2. The molecule has 1 aliphatic heterocycles. The Morgan fingerprint density at radius 3 is 2.32 bits per heavy atom. The standard InChI is InChI=1S/C23H24F2N2O4/c1-3-30-13-5-12-27-22(28)20(15-6-9-17(10-7-15)31-4-2)21(23(27)29)26-16-8-11-18(24)19(25)14-16/h6-11,14,26H,3-5,12-13H2,1-2H3. The summed E-state index contributed by atoms with van der Waals surface area (Å²) in [6.45, 7) is 5.36. The van der Waals surface area contributed by atoms with Crippen LogP contribution in [0.25, 0.3) is 5.57 Å². The number of halogens is 2. The first-order chi connectivity index (χ1) is 15.0. The number of nitrogens with zero attached hydrogens (tertiary/aromatic N) is 1. The molecule has 0 radical (unpaired) electrons. The van der Waals surface area contributed by atoms with Gasteiger partial charge < -0.3 is 14.8 Å². The average molecular weight is 430 g/mol. The number of rotatable bonds is 10. The van der Waals surface area contributed by atoms with Gasteiger partial charge in [-0.1, -0.05) is 12.1 Å². The summed E-state index contributed by atoms with van der Waals surface area (Å²) in [4.78, 5) is 27.3. The van der Waals surface area contributed by atoms with Gasteiger partial charge in [0.05, 0.1) is 12.2 Å². The van der Waals surface area contributed by atoms with Gasteiger partial charge in [-0.25, -0.2) is 8.78 Å². The number of nitrogens with one attached hydrogen (secondary N) is 1. The SMILES string of the molecule is CCOCCCN1C(=O)C(Nc2ccc(F)c(F)c2)=C(c2ccc(OCC)cc2)C1=O. The predicted molar refractivity (Wildman–Crippen MR) is 112 cm³/mol. The number of hydrogen-bond donors (Lipinski definition) is 1. The number of hydrogen-bond acceptors (Lipinski definition) is 5. The predicted octanol–water partition coefficient (Wildman–Crippen LogP) is 3.98. The molecular formula is C23H24F2N2O4. The van der Waals surface area contributed by atoms with Gasteiger partial charge in [-0.3, -0.25) is 14.5 Å². The molecule has 0 unspecified atom stereocenters. The normalized spacial score (nSPS) is 13.9. The molecule has 0 atom stereocenters. The molecule has 31 heavy (non-hydrogen) atoms. The van der Waals surface area contributed by atoms with Gasteiger partial charge >= 0.3 is 0 Å². The minimum Gasteiger partial charge on any atom is -0.494 e. The van der Waals surface area contributed by atoms with E-state index in [1.165, 1.54) is 6.07 Å². The molecule has 2 aromatic rings. The molecule has 0 aromatic heterocycles. The van der Waals surface area contributed by atoms with Gasteiger partial charge in [0.1, 0.15) is 11.4 Å². The van der Waals surface area contributed by atoms with Crippen molar-refractivity contribution in [2.45, 2.75) is 20.3 Å². The first-order valence-corrected chi connectivity index (χ1v) is 10.1. The lowest BCUT2D eigenvalue weighted by atomic mass is 10.0. The van der Waals surface area contributed by atoms with E-state index in [4.69, 9.17) is 9.47 Å². The molecule has 1 N–H and O–H groups in total. The Bertz CT molecular complexity index is 990. The molecule has 0 fully saturated rings. The largest absolute Gasteiger partial charge is 0.494 e. The zero-order chi connectivity index (χ0) is 22.4. The van der Waals surface area contributed by atoms with E-state index in [2.05, 4.69) is 5.32 Å². The summed E-state index contributed by atoms with van der Waals surface area (Å²) in [6, 6.07) is 9.97. The van der Waals surface area contributed by atoms with Crippen LogP contribution < -0.4 is 10.1 Å². The Balaban J connectivity index is 1.94. The van der Waals surface area contributed by atoms with Gasteiger partial charge in [0.2, 0.25) is 0 Å². The van der Waals surface area contributed by atoms with Crippen LogP contribution in [0.2, 0.25) is 0 Å². The van der Waals surface area contributed by atoms with Crippen LogP contribution in [0.5, 0.6) is 5.75 Å². The highest BCUT2D eigenvalue weighted by atomic mass is 19.2. The maximum atomic E-state index is 13.7. The second kappa shape index (κ2) is 10.2. The number of amides is 2. The van der Waals surface area contributed by atoms with Crippen LogP contribution in [-0.4, -0.2) is 43.1 Å². The molecule has 1 aliphatic rings. The summed E-state index contributed by atoms with van der Waals surface area (Å²) in [5.74, 6) is -2.42. The second-order valence-corrected chi connectivity index (χ2v) is 6.77. The molecule has 0 saturated heterocycles. The van der Waals surface area contributed by atoms with Crippen molar-refractivity contribution >= 4 is 23.1 Å². The zero-order valence-corrected chi connectivity index (χ0v) is 17.4. The number of anilines is 1. The molecule has 8 heteroatoms. The third-order valence-electron chi connectivity index (χ3n) is 4.69. The van der Waals surface area contributed by atoms with Crippen molar-refractivity contribution in [3.63, 3.8) is 0 Å². The number of ether oxygens (including phenoxy) is 2. The van der Waals surface area contributed by atoms with Crippen LogP contribution in [0.4, 0.5) is 14.5 Å². The van der Waals surface area contributed by atoms with Gasteiger partial charge in [0, 0.05) is 31.5 Å². The molecule has 6 nitrogen and oxygen atoms in total. The fraction of sp³-hybridized carbons (Fsp3) is 0.304. The van der Waals surface area contributed by atoms with Crippen molar-refractivity contribution in [3.05, 3.63) is 65.4 Å². The van der Waals surface area contributed by atoms with Crippen LogP contribution in [0.15, 0.2) is 48.2 Å². The summed E-state index contributed by atoms with van der Waals surface area (Å²) in [5, 5.41) is 2.81. The molecule has 2 aromatic carbocycles. The molecule has 2 amide bonds. The highest BCUT2D eigenvalue weighted by Gasteiger charge is 2.39. The van der Waals surface area contributed by atoms with Gasteiger partial charge in [0.15, 0.2) is 11.6 Å². The lowest BCUT2D eigenvalue weighted by molar-refractivity contribution is -0.137. The molecular weight excluding hydrogens is 406 g/mol. The molecule has 164 valence electrons. The fourth-order valence-electron chi connectivity index (χ4n) is 3.23. The topological polar surface area (TPSA) is 67.9 Å². The summed E-state index contributed by atoms with van der Waals surface area (Å²) < 4.78 is 37.7. The van der Waals surface area contributed by atoms with Crippen LogP contribution in [-0.2, 0) is 14.3 Å². The molecule has 0 bridgehead atoms. The Hall–Kier alpha value is -3.26. The first-order valence-electron chi connectivity index (χ1n) is 10.1. The number of benzene rings is 2. The molecule has 1 heterocycles. The van der Waals surface area contributed by atoms with Crippen LogP contribution in [0, 0.1) is 11.6 Å². The average Bonchev–Trinajstić information content (AvgIpc) is 2.98. The van der Waals surface area contributed by atoms with Crippen molar-refractivity contribution in [2.75, 3.05) is 31.7 Å². The minimum absolute atomic E-state index is 0.0107. The van der Waals surface area contributed by atoms with Crippen molar-refractivity contribution in [2.24, 2.45) is 0 Å². The van der Waals surface area contributed by atoms with E-state index in [9.17, 15) is 18.4 Å². The maximum Gasteiger partial charge on any atom is 0.278 e. The Kier molecular flexibility index (Phi) is 7.36. The van der Waals surface area contributed by atoms with E-state index in [0.717, 1.165) is 17.0 Å². The third kappa shape index (κ3) is 5.08. The van der Waals surface area contributed by atoms with Crippen molar-refractivity contribution in [3.8, 4) is 5.75 Å². The second-order valence-electron chi connectivity index (χ2n) is 6.77. The van der Waals surface area contributed by atoms with Gasteiger partial charge in [-0.15, -0.1) is 0 Å². The van der Waals surface area contributed by atoms with E-state index in [1.54, 1.807) is 24.3 Å². The molecule has 0 saturated carbocycles. The fourth-order valence-corrected chi connectivity index (χ4v) is 3.23. The summed E-state index contributed by atoms with van der Waals surface area (Å²) in [5.41, 5.74) is 0.847. The van der Waals surface area contributed by atoms with Gasteiger partial charge in [-0.2, -0.15) is 0 Å². The first kappa shape index (κ1) is 22.4. The summed E-state index contributed by atoms with van der Waals surface area (Å²) in [7, 11) is 0. The van der Waals surface area contributed by atoms with E-state index >= 15 is 0 Å². The summed E-state index contributed by atoms with van der Waals surface area (Å²) >= 11 is 0. The molecule has 0 spiro atoms. The molecule has 3 rings (SSSR count). The Labute approximate surface area is 179 Å². The summed E-state index contributed by atoms with van der Waals surface area (Å²) in [6.07, 6.45) is 0.486. The van der Waals surface area contributed by atoms with Crippen LogP contribution >= 0.6 is 0 Å². The van der Waals surface area contributed by atoms with Crippen molar-refractivity contribution in [1.29, 1.82) is 0 Å². The quantitative estimate of drug-likeness (QED) is 0.456. The zero-order valence-electron chi connectivity index (χ0n) is 17.4. The van der Waals surface area contributed by atoms with E-state index in [1.807, 2.05) is 13.8 Å². The van der Waals surface area contributed by atoms with Gasteiger partial charge in [0.25, 0.3) is 11.8 Å². The Morgan fingerprint density at radius 2 is 1.68 bits per heavy atom. The van der Waals surface area contributed by atoms with Crippen LogP contribution in [0.1, 0.15) is 25.8 Å². The van der Waals surface area contributed by atoms with E-state index in [0.29, 0.717) is 37.6 Å². The third-order valence-corrected chi connectivity index (χ3v) is 4.69.